The maximum absolute atomic E-state index is 13.3. The Labute approximate surface area is 216 Å². The quantitative estimate of drug-likeness (QED) is 0.455. The molecule has 190 valence electrons. The van der Waals surface area contributed by atoms with Crippen molar-refractivity contribution in [1.82, 2.24) is 15.2 Å². The molecule has 9 nitrogen and oxygen atoms in total. The Morgan fingerprint density at radius 3 is 2.49 bits per heavy atom. The molecule has 0 bridgehead atoms. The number of carboxylic acids is 1. The fraction of sp³-hybridized carbons (Fsp3) is 0.333. The fourth-order valence-electron chi connectivity index (χ4n) is 4.54. The minimum atomic E-state index is -1.14. The number of aromatic nitrogens is 1. The molecule has 3 unspecified atom stereocenters. The average Bonchev–Trinajstić information content (AvgIpc) is 3.31. The lowest BCUT2D eigenvalue weighted by atomic mass is 10.00. The van der Waals surface area contributed by atoms with Gasteiger partial charge in [-0.2, -0.15) is 0 Å². The summed E-state index contributed by atoms with van der Waals surface area (Å²) in [5.41, 5.74) is 2.23. The number of nitrogens with one attached hydrogen (secondary N) is 1. The highest BCUT2D eigenvalue weighted by atomic mass is 16.5. The fourth-order valence-corrected chi connectivity index (χ4v) is 4.54. The van der Waals surface area contributed by atoms with Crippen LogP contribution in [0.5, 0.6) is 11.5 Å². The zero-order chi connectivity index (χ0) is 26.7. The molecule has 2 N–H and O–H groups in total. The lowest BCUT2D eigenvalue weighted by Crippen LogP contribution is -2.53. The highest BCUT2D eigenvalue weighted by Crippen LogP contribution is 2.34. The van der Waals surface area contributed by atoms with Crippen molar-refractivity contribution in [3.63, 3.8) is 0 Å². The number of hydrogen-bond acceptors (Lipinski definition) is 6. The van der Waals surface area contributed by atoms with Gasteiger partial charge in [-0.05, 0) is 18.1 Å². The van der Waals surface area contributed by atoms with Crippen LogP contribution >= 0.6 is 0 Å². The molecule has 2 radical (unpaired) electrons. The van der Waals surface area contributed by atoms with E-state index in [1.165, 1.54) is 4.90 Å². The molecule has 3 atom stereocenters. The molecule has 1 aliphatic heterocycles. The first-order chi connectivity index (χ1) is 17.7. The number of carbonyl (C=O) groups is 3. The number of pyridine rings is 1. The van der Waals surface area contributed by atoms with Crippen LogP contribution in [-0.2, 0) is 9.59 Å². The Morgan fingerprint density at radius 2 is 1.86 bits per heavy atom. The molecule has 1 aromatic heterocycles. The number of likely N-dealkylation sites (tertiary alicyclic amines) is 1. The van der Waals surface area contributed by atoms with Gasteiger partial charge in [-0.25, -0.2) is 9.78 Å². The maximum atomic E-state index is 13.3. The van der Waals surface area contributed by atoms with Crippen LogP contribution in [0.25, 0.3) is 22.2 Å². The predicted molar refractivity (Wildman–Crippen MR) is 139 cm³/mol. The van der Waals surface area contributed by atoms with E-state index in [-0.39, 0.29) is 18.9 Å². The van der Waals surface area contributed by atoms with Gasteiger partial charge in [0.15, 0.2) is 5.81 Å². The third kappa shape index (κ3) is 5.68. The minimum Gasteiger partial charge on any atom is -0.497 e. The smallest absolute Gasteiger partial charge is 0.326 e. The molecule has 0 saturated carbocycles. The van der Waals surface area contributed by atoms with Crippen LogP contribution in [0, 0.1) is 5.92 Å². The number of carboxylic acid groups (broad SMARTS) is 1. The summed E-state index contributed by atoms with van der Waals surface area (Å²) in [7, 11) is 6.83. The second kappa shape index (κ2) is 10.9. The molecular formula is C27H28BN3O6. The molecule has 1 fully saturated rings. The number of hydrogen-bond donors (Lipinski definition) is 2. The third-order valence-electron chi connectivity index (χ3n) is 6.40. The van der Waals surface area contributed by atoms with E-state index in [2.05, 4.69) is 5.32 Å². The lowest BCUT2D eigenvalue weighted by Gasteiger charge is -2.29. The van der Waals surface area contributed by atoms with E-state index < -0.39 is 35.9 Å². The van der Waals surface area contributed by atoms with Gasteiger partial charge in [0.2, 0.25) is 13.8 Å². The molecule has 1 saturated heterocycles. The molecule has 37 heavy (non-hydrogen) atoms. The van der Waals surface area contributed by atoms with E-state index in [9.17, 15) is 19.5 Å². The first-order valence-electron chi connectivity index (χ1n) is 12.0. The highest BCUT2D eigenvalue weighted by molar-refractivity contribution is 6.57. The summed E-state index contributed by atoms with van der Waals surface area (Å²) in [6.45, 7) is 3.54. The molecule has 4 rings (SSSR count). The van der Waals surface area contributed by atoms with Crippen LogP contribution in [0.1, 0.15) is 20.3 Å². The molecular weight excluding hydrogens is 473 g/mol. The van der Waals surface area contributed by atoms with Gasteiger partial charge in [-0.3, -0.25) is 9.59 Å². The first-order valence-corrected chi connectivity index (χ1v) is 12.0. The van der Waals surface area contributed by atoms with E-state index in [1.807, 2.05) is 48.5 Å². The first kappa shape index (κ1) is 26.0. The Bertz CT molecular complexity index is 1320. The van der Waals surface area contributed by atoms with Crippen molar-refractivity contribution >= 4 is 36.4 Å². The summed E-state index contributed by atoms with van der Waals surface area (Å²) in [4.78, 5) is 42.8. The van der Waals surface area contributed by atoms with Gasteiger partial charge in [-0.15, -0.1) is 0 Å². The SMILES string of the molecule is [B]C(=O)NC(C(=O)N1CC(Oc2cc(-c3ccccc3)nc3cc(OC)ccc23)CC1C(=O)O)C(C)C. The molecule has 3 aromatic rings. The van der Waals surface area contributed by atoms with Crippen molar-refractivity contribution in [2.24, 2.45) is 5.92 Å². The highest BCUT2D eigenvalue weighted by Gasteiger charge is 2.43. The monoisotopic (exact) mass is 501 g/mol. The Balaban J connectivity index is 1.68. The number of amides is 2. The van der Waals surface area contributed by atoms with E-state index in [4.69, 9.17) is 22.3 Å². The lowest BCUT2D eigenvalue weighted by molar-refractivity contribution is -0.149. The summed E-state index contributed by atoms with van der Waals surface area (Å²) >= 11 is 0. The van der Waals surface area contributed by atoms with Gasteiger partial charge in [-0.1, -0.05) is 44.2 Å². The number of methoxy groups -OCH3 is 1. The van der Waals surface area contributed by atoms with Crippen LogP contribution in [0.15, 0.2) is 54.6 Å². The molecule has 2 aromatic carbocycles. The largest absolute Gasteiger partial charge is 0.497 e. The second-order valence-electron chi connectivity index (χ2n) is 9.31. The zero-order valence-electron chi connectivity index (χ0n) is 20.9. The van der Waals surface area contributed by atoms with Crippen LogP contribution < -0.4 is 14.8 Å². The van der Waals surface area contributed by atoms with Gasteiger partial charge in [0.25, 0.3) is 0 Å². The summed E-state index contributed by atoms with van der Waals surface area (Å²) < 4.78 is 11.7. The van der Waals surface area contributed by atoms with Crippen molar-refractivity contribution in [3.8, 4) is 22.8 Å². The third-order valence-corrected chi connectivity index (χ3v) is 6.40. The van der Waals surface area contributed by atoms with Crippen molar-refractivity contribution in [2.45, 2.75) is 38.5 Å². The van der Waals surface area contributed by atoms with E-state index >= 15 is 0 Å². The minimum absolute atomic E-state index is 0.0418. The van der Waals surface area contributed by atoms with Crippen molar-refractivity contribution in [2.75, 3.05) is 13.7 Å². The van der Waals surface area contributed by atoms with Crippen LogP contribution in [-0.4, -0.2) is 72.4 Å². The van der Waals surface area contributed by atoms with Crippen molar-refractivity contribution < 1.29 is 29.0 Å². The number of benzene rings is 2. The van der Waals surface area contributed by atoms with Crippen LogP contribution in [0.2, 0.25) is 0 Å². The van der Waals surface area contributed by atoms with E-state index in [0.29, 0.717) is 22.7 Å². The van der Waals surface area contributed by atoms with Gasteiger partial charge >= 0.3 is 5.97 Å². The van der Waals surface area contributed by atoms with E-state index in [0.717, 1.165) is 10.9 Å². The van der Waals surface area contributed by atoms with Crippen LogP contribution in [0.3, 0.4) is 0 Å². The van der Waals surface area contributed by atoms with Gasteiger partial charge in [0.05, 0.1) is 24.9 Å². The van der Waals surface area contributed by atoms with Gasteiger partial charge in [0.1, 0.15) is 29.7 Å². The summed E-state index contributed by atoms with van der Waals surface area (Å²) in [6.07, 6.45) is -0.508. The summed E-state index contributed by atoms with van der Waals surface area (Å²) in [5.74, 6) is -1.64. The van der Waals surface area contributed by atoms with Crippen molar-refractivity contribution in [3.05, 3.63) is 54.6 Å². The zero-order valence-corrected chi connectivity index (χ0v) is 20.9. The molecule has 2 heterocycles. The predicted octanol–water partition coefficient (Wildman–Crippen LogP) is 3.25. The summed E-state index contributed by atoms with van der Waals surface area (Å²) in [6, 6.07) is 14.8. The Morgan fingerprint density at radius 1 is 1.14 bits per heavy atom. The van der Waals surface area contributed by atoms with Gasteiger partial charge < -0.3 is 24.8 Å². The Kier molecular flexibility index (Phi) is 7.66. The number of rotatable bonds is 8. The molecule has 1 aliphatic rings. The average molecular weight is 501 g/mol. The topological polar surface area (TPSA) is 118 Å². The molecule has 0 spiro atoms. The maximum Gasteiger partial charge on any atom is 0.326 e. The number of fused-ring (bicyclic) bond motifs is 1. The van der Waals surface area contributed by atoms with Crippen LogP contribution in [0.4, 0.5) is 4.79 Å². The standard InChI is InChI=1S/C27H28BN3O6/c1-15(2)24(30-27(28)35)25(32)31-14-18(12-22(31)26(33)34)37-23-13-20(16-7-5-4-6-8-16)29-21-11-17(36-3)9-10-19(21)23/h4-11,13,15,18,22,24H,12,14H2,1-3H3,(H,30,35)(H,33,34). The number of nitrogens with zero attached hydrogens (tertiary/aromatic N) is 2. The molecule has 2 amide bonds. The number of carbonyl (C=O) groups excluding carboxylic acids is 2. The molecule has 10 heteroatoms. The molecule has 0 aliphatic carbocycles. The second-order valence-corrected chi connectivity index (χ2v) is 9.31. The van der Waals surface area contributed by atoms with Crippen molar-refractivity contribution in [1.29, 1.82) is 0 Å². The summed E-state index contributed by atoms with van der Waals surface area (Å²) in [5, 5.41) is 13.0. The van der Waals surface area contributed by atoms with Gasteiger partial charge in [0, 0.05) is 29.5 Å². The number of aliphatic carboxylic acids is 1. The Hall–Kier alpha value is -4.08. The normalized spacial score (nSPS) is 18.0. The van der Waals surface area contributed by atoms with E-state index in [1.54, 1.807) is 27.0 Å². The number of ether oxygens (including phenoxy) is 2.